The fourth-order valence-corrected chi connectivity index (χ4v) is 7.96. The summed E-state index contributed by atoms with van der Waals surface area (Å²) in [6.07, 6.45) is 65.4. The molecular formula is C53H101NO3. The SMILES string of the molecule is CCCCCCC/C=C\C/C=C\C/C=C\CCCCCCCCCCCCCCCCCCC(=O)NC(CO)C(O)CCCCCCCCCCCCCCCC. The van der Waals surface area contributed by atoms with Crippen LogP contribution in [-0.4, -0.2) is 34.9 Å². The largest absolute Gasteiger partial charge is 0.394 e. The second-order valence-electron chi connectivity index (χ2n) is 17.6. The summed E-state index contributed by atoms with van der Waals surface area (Å²) >= 11 is 0. The second-order valence-corrected chi connectivity index (χ2v) is 17.6. The van der Waals surface area contributed by atoms with Crippen molar-refractivity contribution in [1.29, 1.82) is 0 Å². The van der Waals surface area contributed by atoms with Crippen LogP contribution in [0.25, 0.3) is 0 Å². The van der Waals surface area contributed by atoms with Crippen molar-refractivity contribution in [2.75, 3.05) is 6.61 Å². The second kappa shape index (κ2) is 49.0. The molecule has 0 aromatic heterocycles. The molecule has 3 N–H and O–H groups in total. The van der Waals surface area contributed by atoms with Gasteiger partial charge in [-0.3, -0.25) is 4.79 Å². The number of carbonyl (C=O) groups excluding carboxylic acids is 1. The Hall–Kier alpha value is -1.39. The fourth-order valence-electron chi connectivity index (χ4n) is 7.96. The maximum atomic E-state index is 12.4. The van der Waals surface area contributed by atoms with E-state index >= 15 is 0 Å². The van der Waals surface area contributed by atoms with Gasteiger partial charge < -0.3 is 15.5 Å². The first-order valence-electron chi connectivity index (χ1n) is 25.7. The molecule has 4 nitrogen and oxygen atoms in total. The van der Waals surface area contributed by atoms with E-state index in [1.54, 1.807) is 0 Å². The first-order chi connectivity index (χ1) is 28.2. The van der Waals surface area contributed by atoms with Crippen LogP contribution < -0.4 is 5.32 Å². The highest BCUT2D eigenvalue weighted by atomic mass is 16.3. The Labute approximate surface area is 357 Å². The molecule has 0 saturated heterocycles. The van der Waals surface area contributed by atoms with Gasteiger partial charge in [-0.05, 0) is 51.4 Å². The van der Waals surface area contributed by atoms with E-state index in [2.05, 4.69) is 55.6 Å². The van der Waals surface area contributed by atoms with Crippen molar-refractivity contribution >= 4 is 5.91 Å². The molecule has 2 atom stereocenters. The summed E-state index contributed by atoms with van der Waals surface area (Å²) < 4.78 is 0. The summed E-state index contributed by atoms with van der Waals surface area (Å²) in [6.45, 7) is 4.36. The van der Waals surface area contributed by atoms with Gasteiger partial charge in [0.05, 0.1) is 18.8 Å². The van der Waals surface area contributed by atoms with Crippen molar-refractivity contribution in [2.45, 2.75) is 289 Å². The standard InChI is InChI=1S/C53H101NO3/c1-3-5-7-9-11-13-15-17-19-20-21-22-23-24-25-26-27-28-29-30-31-32-33-34-35-37-39-41-43-45-47-49-53(57)54-51(50-55)52(56)48-46-44-42-40-38-36-18-16-14-12-10-8-6-4-2/h15,17,20-21,23-24,51-52,55-56H,3-14,16,18-19,22,25-50H2,1-2H3,(H,54,57)/b17-15-,21-20-,24-23-. The maximum absolute atomic E-state index is 12.4. The molecule has 336 valence electrons. The number of amides is 1. The lowest BCUT2D eigenvalue weighted by atomic mass is 10.0. The van der Waals surface area contributed by atoms with Gasteiger partial charge in [0.2, 0.25) is 5.91 Å². The zero-order chi connectivity index (χ0) is 41.4. The molecule has 0 aromatic rings. The molecule has 0 heterocycles. The Morgan fingerprint density at radius 3 is 1.07 bits per heavy atom. The Balaban J connectivity index is 3.44. The first kappa shape index (κ1) is 55.6. The molecule has 0 radical (unpaired) electrons. The average Bonchev–Trinajstić information content (AvgIpc) is 3.22. The number of allylic oxidation sites excluding steroid dienone is 6. The van der Waals surface area contributed by atoms with Crippen LogP contribution in [0.4, 0.5) is 0 Å². The molecule has 2 unspecified atom stereocenters. The molecule has 0 rings (SSSR count). The smallest absolute Gasteiger partial charge is 0.220 e. The van der Waals surface area contributed by atoms with E-state index in [1.807, 2.05) is 0 Å². The summed E-state index contributed by atoms with van der Waals surface area (Å²) in [6, 6.07) is -0.534. The van der Waals surface area contributed by atoms with Crippen LogP contribution in [0.5, 0.6) is 0 Å². The quantitative estimate of drug-likeness (QED) is 0.0424. The van der Waals surface area contributed by atoms with Crippen molar-refractivity contribution in [3.05, 3.63) is 36.5 Å². The number of unbranched alkanes of at least 4 members (excludes halogenated alkanes) is 34. The van der Waals surface area contributed by atoms with Gasteiger partial charge in [0.25, 0.3) is 0 Å². The maximum Gasteiger partial charge on any atom is 0.220 e. The molecule has 0 aliphatic carbocycles. The van der Waals surface area contributed by atoms with Crippen LogP contribution in [0.15, 0.2) is 36.5 Å². The van der Waals surface area contributed by atoms with E-state index < -0.39 is 12.1 Å². The van der Waals surface area contributed by atoms with Gasteiger partial charge in [-0.2, -0.15) is 0 Å². The summed E-state index contributed by atoms with van der Waals surface area (Å²) in [5, 5.41) is 23.2. The monoisotopic (exact) mass is 800 g/mol. The van der Waals surface area contributed by atoms with Crippen molar-refractivity contribution in [3.63, 3.8) is 0 Å². The van der Waals surface area contributed by atoms with Crippen LogP contribution in [-0.2, 0) is 4.79 Å². The minimum Gasteiger partial charge on any atom is -0.394 e. The topological polar surface area (TPSA) is 69.6 Å². The summed E-state index contributed by atoms with van der Waals surface area (Å²) in [7, 11) is 0. The van der Waals surface area contributed by atoms with E-state index in [4.69, 9.17) is 0 Å². The van der Waals surface area contributed by atoms with E-state index in [0.717, 1.165) is 38.5 Å². The van der Waals surface area contributed by atoms with E-state index in [9.17, 15) is 15.0 Å². The number of carbonyl (C=O) groups is 1. The van der Waals surface area contributed by atoms with Crippen LogP contribution in [0.1, 0.15) is 277 Å². The predicted molar refractivity (Wildman–Crippen MR) is 253 cm³/mol. The van der Waals surface area contributed by atoms with Crippen molar-refractivity contribution in [2.24, 2.45) is 0 Å². The minimum atomic E-state index is -0.658. The van der Waals surface area contributed by atoms with Gasteiger partial charge in [-0.1, -0.05) is 256 Å². The Bertz CT molecular complexity index is 866. The van der Waals surface area contributed by atoms with Crippen LogP contribution in [0.3, 0.4) is 0 Å². The Kier molecular flexibility index (Phi) is 47.8. The lowest BCUT2D eigenvalue weighted by Crippen LogP contribution is -2.45. The van der Waals surface area contributed by atoms with Crippen LogP contribution >= 0.6 is 0 Å². The third-order valence-electron chi connectivity index (χ3n) is 11.9. The molecular weight excluding hydrogens is 699 g/mol. The Morgan fingerprint density at radius 1 is 0.421 bits per heavy atom. The number of rotatable bonds is 47. The first-order valence-corrected chi connectivity index (χ1v) is 25.7. The van der Waals surface area contributed by atoms with Gasteiger partial charge in [0.15, 0.2) is 0 Å². The van der Waals surface area contributed by atoms with Gasteiger partial charge >= 0.3 is 0 Å². The Morgan fingerprint density at radius 2 is 0.719 bits per heavy atom. The van der Waals surface area contributed by atoms with Gasteiger partial charge in [-0.25, -0.2) is 0 Å². The highest BCUT2D eigenvalue weighted by Crippen LogP contribution is 2.17. The summed E-state index contributed by atoms with van der Waals surface area (Å²) in [5.74, 6) is -0.0293. The molecule has 0 saturated carbocycles. The van der Waals surface area contributed by atoms with Crippen LogP contribution in [0, 0.1) is 0 Å². The van der Waals surface area contributed by atoms with Crippen LogP contribution in [0.2, 0.25) is 0 Å². The molecule has 0 aromatic carbocycles. The lowest BCUT2D eigenvalue weighted by Gasteiger charge is -2.22. The molecule has 4 heteroatoms. The molecule has 0 spiro atoms. The van der Waals surface area contributed by atoms with Crippen molar-refractivity contribution < 1.29 is 15.0 Å². The zero-order valence-corrected chi connectivity index (χ0v) is 38.6. The van der Waals surface area contributed by atoms with E-state index in [0.29, 0.717) is 12.8 Å². The molecule has 0 bridgehead atoms. The van der Waals surface area contributed by atoms with E-state index in [1.165, 1.54) is 212 Å². The predicted octanol–water partition coefficient (Wildman–Crippen LogP) is 16.5. The third-order valence-corrected chi connectivity index (χ3v) is 11.9. The number of nitrogens with one attached hydrogen (secondary N) is 1. The molecule has 1 amide bonds. The zero-order valence-electron chi connectivity index (χ0n) is 38.6. The van der Waals surface area contributed by atoms with Crippen molar-refractivity contribution in [3.8, 4) is 0 Å². The number of aliphatic hydroxyl groups is 2. The summed E-state index contributed by atoms with van der Waals surface area (Å²) in [4.78, 5) is 12.4. The summed E-state index contributed by atoms with van der Waals surface area (Å²) in [5.41, 5.74) is 0. The highest BCUT2D eigenvalue weighted by Gasteiger charge is 2.20. The highest BCUT2D eigenvalue weighted by molar-refractivity contribution is 5.76. The number of aliphatic hydroxyl groups excluding tert-OH is 2. The minimum absolute atomic E-state index is 0.0293. The molecule has 0 aliphatic heterocycles. The van der Waals surface area contributed by atoms with Gasteiger partial charge in [0, 0.05) is 6.42 Å². The third kappa shape index (κ3) is 45.5. The van der Waals surface area contributed by atoms with Gasteiger partial charge in [0.1, 0.15) is 0 Å². The molecule has 57 heavy (non-hydrogen) atoms. The normalized spacial score (nSPS) is 13.1. The number of hydrogen-bond donors (Lipinski definition) is 3. The lowest BCUT2D eigenvalue weighted by molar-refractivity contribution is -0.123. The van der Waals surface area contributed by atoms with Gasteiger partial charge in [-0.15, -0.1) is 0 Å². The average molecular weight is 800 g/mol. The van der Waals surface area contributed by atoms with E-state index in [-0.39, 0.29) is 12.5 Å². The molecule has 0 aliphatic rings. The van der Waals surface area contributed by atoms with Crippen molar-refractivity contribution in [1.82, 2.24) is 5.32 Å². The molecule has 0 fully saturated rings. The number of hydrogen-bond acceptors (Lipinski definition) is 3. The fraction of sp³-hybridized carbons (Fsp3) is 0.868.